The average molecular weight is 398 g/mol. The number of hydrogen-bond donors (Lipinski definition) is 1. The van der Waals surface area contributed by atoms with Gasteiger partial charge >= 0.3 is 0 Å². The number of carbonyl (C=O) groups excluding carboxylic acids is 1. The molecule has 0 saturated carbocycles. The number of methoxy groups -OCH3 is 1. The Kier molecular flexibility index (Phi) is 7.04. The van der Waals surface area contributed by atoms with E-state index in [1.54, 1.807) is 13.2 Å². The van der Waals surface area contributed by atoms with E-state index in [0.717, 1.165) is 26.1 Å². The van der Waals surface area contributed by atoms with Gasteiger partial charge in [-0.15, -0.1) is 0 Å². The summed E-state index contributed by atoms with van der Waals surface area (Å²) < 4.78 is 5.06. The number of aryl methyl sites for hydroxylation is 2. The van der Waals surface area contributed by atoms with Crippen molar-refractivity contribution in [2.24, 2.45) is 0 Å². The van der Waals surface area contributed by atoms with Gasteiger partial charge in [0.05, 0.1) is 0 Å². The normalized spacial score (nSPS) is 14.2. The van der Waals surface area contributed by atoms with Gasteiger partial charge in [0.15, 0.2) is 0 Å². The number of nitrogens with one attached hydrogen (secondary N) is 1. The molecule has 0 atom stereocenters. The third kappa shape index (κ3) is 5.23. The largest absolute Gasteiger partial charge is 0.385 e. The second-order valence-electron chi connectivity index (χ2n) is 7.46. The van der Waals surface area contributed by atoms with Gasteiger partial charge in [-0.3, -0.25) is 4.79 Å². The first-order valence-electron chi connectivity index (χ1n) is 10.2. The minimum absolute atomic E-state index is 0.0314. The number of nitrogens with zero attached hydrogens (tertiary/aromatic N) is 4. The molecule has 0 unspecified atom stereocenters. The van der Waals surface area contributed by atoms with E-state index in [1.807, 2.05) is 11.8 Å². The predicted molar refractivity (Wildman–Crippen MR) is 116 cm³/mol. The molecule has 2 aromatic rings. The zero-order valence-corrected chi connectivity index (χ0v) is 17.9. The highest BCUT2D eigenvalue weighted by molar-refractivity contribution is 5.93. The average Bonchev–Trinajstić information content (AvgIpc) is 2.72. The van der Waals surface area contributed by atoms with Crippen LogP contribution < -0.4 is 10.2 Å². The zero-order chi connectivity index (χ0) is 20.8. The Morgan fingerprint density at radius 3 is 2.62 bits per heavy atom. The number of piperazine rings is 1. The molecule has 2 heterocycles. The molecule has 1 N–H and O–H groups in total. The Bertz CT molecular complexity index is 847. The topological polar surface area (TPSA) is 70.6 Å². The van der Waals surface area contributed by atoms with Crippen molar-refractivity contribution in [1.82, 2.24) is 14.9 Å². The maximum absolute atomic E-state index is 13.0. The lowest BCUT2D eigenvalue weighted by atomic mass is 10.1. The van der Waals surface area contributed by atoms with Crippen molar-refractivity contribution in [2.75, 3.05) is 56.7 Å². The molecular formula is C22H31N5O2. The molecule has 3 rings (SSSR count). The van der Waals surface area contributed by atoms with Crippen molar-refractivity contribution in [3.05, 3.63) is 46.9 Å². The fourth-order valence-electron chi connectivity index (χ4n) is 3.59. The molecule has 0 radical (unpaired) electrons. The van der Waals surface area contributed by atoms with Crippen LogP contribution in [0.2, 0.25) is 0 Å². The highest BCUT2D eigenvalue weighted by atomic mass is 16.5. The lowest BCUT2D eigenvalue weighted by Gasteiger charge is -2.37. The Labute approximate surface area is 173 Å². The third-order valence-electron chi connectivity index (χ3n) is 5.37. The van der Waals surface area contributed by atoms with Gasteiger partial charge in [0.2, 0.25) is 0 Å². The molecule has 0 bridgehead atoms. The van der Waals surface area contributed by atoms with Crippen LogP contribution in [0.4, 0.5) is 11.5 Å². The Hall–Kier alpha value is -2.67. The molecule has 1 aromatic heterocycles. The Balaban J connectivity index is 1.63. The molecule has 7 heteroatoms. The molecule has 156 valence electrons. The zero-order valence-electron chi connectivity index (χ0n) is 17.9. The summed E-state index contributed by atoms with van der Waals surface area (Å²) in [6.07, 6.45) is 0.878. The number of hydrogen-bond acceptors (Lipinski definition) is 6. The maximum atomic E-state index is 13.0. The van der Waals surface area contributed by atoms with Crippen LogP contribution in [0.3, 0.4) is 0 Å². The maximum Gasteiger partial charge on any atom is 0.272 e. The minimum Gasteiger partial charge on any atom is -0.385 e. The first-order valence-corrected chi connectivity index (χ1v) is 10.2. The quantitative estimate of drug-likeness (QED) is 0.725. The molecule has 29 heavy (non-hydrogen) atoms. The summed E-state index contributed by atoms with van der Waals surface area (Å²) in [5.74, 6) is 1.25. The summed E-state index contributed by atoms with van der Waals surface area (Å²) >= 11 is 0. The first kappa shape index (κ1) is 21.0. The van der Waals surface area contributed by atoms with Crippen LogP contribution in [0, 0.1) is 20.8 Å². The van der Waals surface area contributed by atoms with Crippen LogP contribution in [-0.2, 0) is 4.74 Å². The summed E-state index contributed by atoms with van der Waals surface area (Å²) in [7, 11) is 1.69. The summed E-state index contributed by atoms with van der Waals surface area (Å²) in [6.45, 7) is 10.6. The second-order valence-corrected chi connectivity index (χ2v) is 7.46. The van der Waals surface area contributed by atoms with Gasteiger partial charge in [-0.25, -0.2) is 9.97 Å². The van der Waals surface area contributed by atoms with Gasteiger partial charge in [-0.05, 0) is 44.4 Å². The van der Waals surface area contributed by atoms with Gasteiger partial charge < -0.3 is 19.9 Å². The molecule has 0 spiro atoms. The van der Waals surface area contributed by atoms with E-state index < -0.39 is 0 Å². The number of ether oxygens (including phenoxy) is 1. The second kappa shape index (κ2) is 9.69. The third-order valence-corrected chi connectivity index (χ3v) is 5.37. The van der Waals surface area contributed by atoms with Gasteiger partial charge in [-0.1, -0.05) is 12.1 Å². The van der Waals surface area contributed by atoms with E-state index >= 15 is 0 Å². The summed E-state index contributed by atoms with van der Waals surface area (Å²) in [4.78, 5) is 26.0. The van der Waals surface area contributed by atoms with Crippen molar-refractivity contribution >= 4 is 17.4 Å². The minimum atomic E-state index is -0.0314. The van der Waals surface area contributed by atoms with Crippen molar-refractivity contribution < 1.29 is 9.53 Å². The molecule has 1 amide bonds. The number of amides is 1. The fourth-order valence-corrected chi connectivity index (χ4v) is 3.59. The van der Waals surface area contributed by atoms with Crippen molar-refractivity contribution in [3.63, 3.8) is 0 Å². The molecule has 1 aliphatic heterocycles. The van der Waals surface area contributed by atoms with Crippen LogP contribution >= 0.6 is 0 Å². The molecular weight excluding hydrogens is 366 g/mol. The smallest absolute Gasteiger partial charge is 0.272 e. The first-order chi connectivity index (χ1) is 14.0. The molecule has 1 aromatic carbocycles. The van der Waals surface area contributed by atoms with E-state index in [1.165, 1.54) is 16.8 Å². The van der Waals surface area contributed by atoms with Gasteiger partial charge in [-0.2, -0.15) is 0 Å². The monoisotopic (exact) mass is 397 g/mol. The Morgan fingerprint density at radius 2 is 1.90 bits per heavy atom. The lowest BCUT2D eigenvalue weighted by molar-refractivity contribution is 0.0740. The highest BCUT2D eigenvalue weighted by Crippen LogP contribution is 2.24. The lowest BCUT2D eigenvalue weighted by Crippen LogP contribution is -2.49. The standard InChI is InChI=1S/C22H31N5O2/c1-16-7-5-8-20(17(16)2)26-10-12-27(13-11-26)22(28)19-15-21(25-18(3)24-19)23-9-6-14-29-4/h5,7-8,15H,6,9-14H2,1-4H3,(H,23,24,25). The van der Waals surface area contributed by atoms with E-state index in [-0.39, 0.29) is 5.91 Å². The molecule has 1 saturated heterocycles. The van der Waals surface area contributed by atoms with E-state index in [4.69, 9.17) is 4.74 Å². The SMILES string of the molecule is COCCCNc1cc(C(=O)N2CCN(c3cccc(C)c3C)CC2)nc(C)n1. The number of rotatable bonds is 7. The fraction of sp³-hybridized carbons (Fsp3) is 0.500. The molecule has 1 fully saturated rings. The molecule has 7 nitrogen and oxygen atoms in total. The predicted octanol–water partition coefficient (Wildman–Crippen LogP) is 2.81. The van der Waals surface area contributed by atoms with Crippen LogP contribution in [0.5, 0.6) is 0 Å². The number of benzene rings is 1. The molecule has 0 aliphatic carbocycles. The van der Waals surface area contributed by atoms with Crippen molar-refractivity contribution in [1.29, 1.82) is 0 Å². The summed E-state index contributed by atoms with van der Waals surface area (Å²) in [5.41, 5.74) is 4.32. The van der Waals surface area contributed by atoms with E-state index in [2.05, 4.69) is 52.2 Å². The van der Waals surface area contributed by atoms with Crippen LogP contribution in [0.15, 0.2) is 24.3 Å². The molecule has 1 aliphatic rings. The van der Waals surface area contributed by atoms with Crippen molar-refractivity contribution in [3.8, 4) is 0 Å². The number of anilines is 2. The number of carbonyl (C=O) groups is 1. The Morgan fingerprint density at radius 1 is 1.14 bits per heavy atom. The summed E-state index contributed by atoms with van der Waals surface area (Å²) in [5, 5.41) is 3.25. The van der Waals surface area contributed by atoms with Crippen LogP contribution in [-0.4, -0.2) is 67.2 Å². The van der Waals surface area contributed by atoms with Gasteiger partial charge in [0, 0.05) is 58.2 Å². The van der Waals surface area contributed by atoms with Crippen LogP contribution in [0.25, 0.3) is 0 Å². The van der Waals surface area contributed by atoms with E-state index in [9.17, 15) is 4.79 Å². The van der Waals surface area contributed by atoms with Crippen LogP contribution in [0.1, 0.15) is 33.9 Å². The van der Waals surface area contributed by atoms with Crippen molar-refractivity contribution in [2.45, 2.75) is 27.2 Å². The summed E-state index contributed by atoms with van der Waals surface area (Å²) in [6, 6.07) is 8.14. The number of aromatic nitrogens is 2. The van der Waals surface area contributed by atoms with E-state index in [0.29, 0.717) is 37.0 Å². The van der Waals surface area contributed by atoms with Gasteiger partial charge in [0.1, 0.15) is 17.3 Å². The van der Waals surface area contributed by atoms with Gasteiger partial charge in [0.25, 0.3) is 5.91 Å². The highest BCUT2D eigenvalue weighted by Gasteiger charge is 2.24.